The van der Waals surface area contributed by atoms with Gasteiger partial charge in [-0.05, 0) is 73.7 Å². The lowest BCUT2D eigenvalue weighted by Gasteiger charge is -2.17. The van der Waals surface area contributed by atoms with Crippen LogP contribution in [0.1, 0.15) is 60.9 Å². The van der Waals surface area contributed by atoms with Crippen LogP contribution in [0.2, 0.25) is 0 Å². The van der Waals surface area contributed by atoms with Gasteiger partial charge in [0.25, 0.3) is 0 Å². The molecule has 0 atom stereocenters. The van der Waals surface area contributed by atoms with Crippen LogP contribution in [-0.2, 0) is 7.05 Å². The molecule has 2 aromatic carbocycles. The van der Waals surface area contributed by atoms with Gasteiger partial charge in [0.1, 0.15) is 7.05 Å². The largest absolute Gasteiger partial charge is 0.220 e. The second-order valence-electron chi connectivity index (χ2n) is 8.16. The summed E-state index contributed by atoms with van der Waals surface area (Å²) in [6, 6.07) is 12.0. The number of aryl methyl sites for hydroxylation is 2. The van der Waals surface area contributed by atoms with Gasteiger partial charge in [-0.25, -0.2) is 0 Å². The Balaban J connectivity index is 2.06. The fraction of sp³-hybridized carbons (Fsp3) is 0.400. The van der Waals surface area contributed by atoms with Crippen molar-refractivity contribution in [3.05, 3.63) is 64.3 Å². The van der Waals surface area contributed by atoms with E-state index in [0.29, 0.717) is 12.0 Å². The molecule has 26 heavy (non-hydrogen) atoms. The Labute approximate surface area is 159 Å². The van der Waals surface area contributed by atoms with Gasteiger partial charge in [0.05, 0.1) is 12.3 Å². The van der Waals surface area contributed by atoms with Crippen LogP contribution in [0.5, 0.6) is 0 Å². The first-order chi connectivity index (χ1) is 12.9. The summed E-state index contributed by atoms with van der Waals surface area (Å²) in [6.45, 7) is 8.69. The summed E-state index contributed by atoms with van der Waals surface area (Å²) in [4.78, 5) is 0. The maximum atomic E-state index is 8.61. The topological polar surface area (TPSA) is 3.88 Å². The molecule has 1 nitrogen and oxygen atoms in total. The molecule has 0 N–H and O–H groups in total. The first-order valence-electron chi connectivity index (χ1n) is 10.4. The Morgan fingerprint density at radius 3 is 2.46 bits per heavy atom. The number of aromatic nitrogens is 1. The van der Waals surface area contributed by atoms with Gasteiger partial charge in [0, 0.05) is 13.0 Å². The first kappa shape index (κ1) is 16.1. The minimum absolute atomic E-state index is 0.637. The van der Waals surface area contributed by atoms with E-state index in [1.165, 1.54) is 64.6 Å². The molecule has 0 spiro atoms. The van der Waals surface area contributed by atoms with E-state index < -0.39 is 0 Å². The summed E-state index contributed by atoms with van der Waals surface area (Å²) in [6.07, 6.45) is 5.35. The molecule has 0 bridgehead atoms. The fourth-order valence-electron chi connectivity index (χ4n) is 4.54. The van der Waals surface area contributed by atoms with Crippen molar-refractivity contribution in [2.75, 3.05) is 0 Å². The summed E-state index contributed by atoms with van der Waals surface area (Å²) >= 11 is 0. The Kier molecular flexibility index (Phi) is 4.04. The molecule has 0 saturated heterocycles. The number of fused-ring (bicyclic) bond motifs is 1. The van der Waals surface area contributed by atoms with Gasteiger partial charge < -0.3 is 0 Å². The highest BCUT2D eigenvalue weighted by molar-refractivity contribution is 5.94. The van der Waals surface area contributed by atoms with Crippen LogP contribution >= 0.6 is 0 Å². The molecule has 0 unspecified atom stereocenters. The van der Waals surface area contributed by atoms with Crippen LogP contribution in [0.25, 0.3) is 22.0 Å². The number of hydrogen-bond acceptors (Lipinski definition) is 0. The molecule has 0 radical (unpaired) electrons. The van der Waals surface area contributed by atoms with Crippen LogP contribution in [0.4, 0.5) is 0 Å². The third-order valence-electron chi connectivity index (χ3n) is 6.36. The molecular formula is C25H30N+. The normalized spacial score (nSPS) is 15.7. The van der Waals surface area contributed by atoms with Crippen molar-refractivity contribution >= 4 is 10.8 Å². The molecule has 4 rings (SSSR count). The van der Waals surface area contributed by atoms with E-state index >= 15 is 0 Å². The third-order valence-corrected chi connectivity index (χ3v) is 6.36. The molecule has 1 aliphatic carbocycles. The molecule has 3 aromatic rings. The van der Waals surface area contributed by atoms with Gasteiger partial charge in [-0.3, -0.25) is 0 Å². The molecule has 0 aliphatic heterocycles. The van der Waals surface area contributed by atoms with Crippen molar-refractivity contribution in [2.45, 2.75) is 59.3 Å². The molecule has 1 heterocycles. The monoisotopic (exact) mass is 345 g/mol. The summed E-state index contributed by atoms with van der Waals surface area (Å²) in [7, 11) is 2.11. The average Bonchev–Trinajstić information content (AvgIpc) is 3.18. The fourth-order valence-corrected chi connectivity index (χ4v) is 4.54. The van der Waals surface area contributed by atoms with E-state index in [1.54, 1.807) is 0 Å². The first-order valence-corrected chi connectivity index (χ1v) is 9.89. The lowest BCUT2D eigenvalue weighted by atomic mass is 9.88. The zero-order valence-electron chi connectivity index (χ0n) is 17.7. The minimum atomic E-state index is 0.637. The van der Waals surface area contributed by atoms with Crippen molar-refractivity contribution in [1.29, 1.82) is 0 Å². The lowest BCUT2D eigenvalue weighted by Crippen LogP contribution is -2.35. The van der Waals surface area contributed by atoms with Gasteiger partial charge in [0.15, 0.2) is 5.69 Å². The zero-order chi connectivity index (χ0) is 19.3. The molecule has 1 aromatic heterocycles. The van der Waals surface area contributed by atoms with E-state index in [-0.39, 0.29) is 0 Å². The van der Waals surface area contributed by atoms with E-state index in [9.17, 15) is 0 Å². The van der Waals surface area contributed by atoms with Gasteiger partial charge >= 0.3 is 0 Å². The Hall–Kier alpha value is -2.15. The molecule has 1 heteroatoms. The number of nitrogens with zero attached hydrogens (tertiary/aromatic N) is 1. The Bertz CT molecular complexity index is 1040. The highest BCUT2D eigenvalue weighted by Gasteiger charge is 2.24. The van der Waals surface area contributed by atoms with Crippen molar-refractivity contribution < 1.29 is 5.94 Å². The second kappa shape index (κ2) is 6.54. The minimum Gasteiger partial charge on any atom is -0.198 e. The quantitative estimate of drug-likeness (QED) is 0.485. The summed E-state index contributed by atoms with van der Waals surface area (Å²) < 4.78 is 10.8. The Morgan fingerprint density at radius 1 is 1.00 bits per heavy atom. The van der Waals surface area contributed by atoms with Crippen molar-refractivity contribution in [2.24, 2.45) is 7.05 Å². The summed E-state index contributed by atoms with van der Waals surface area (Å²) in [5, 5.41) is 2.24. The highest BCUT2D eigenvalue weighted by Crippen LogP contribution is 2.38. The summed E-state index contributed by atoms with van der Waals surface area (Å²) in [5.74, 6) is 0.706. The van der Waals surface area contributed by atoms with Gasteiger partial charge in [-0.2, -0.15) is 4.57 Å². The van der Waals surface area contributed by atoms with E-state index in [2.05, 4.69) is 69.6 Å². The molecule has 1 fully saturated rings. The van der Waals surface area contributed by atoms with Crippen LogP contribution in [-0.4, -0.2) is 0 Å². The van der Waals surface area contributed by atoms with Crippen molar-refractivity contribution in [3.8, 4) is 11.3 Å². The zero-order valence-corrected chi connectivity index (χ0v) is 16.7. The maximum Gasteiger partial charge on any atom is 0.220 e. The predicted octanol–water partition coefficient (Wildman–Crippen LogP) is 6.22. The van der Waals surface area contributed by atoms with Gasteiger partial charge in [-0.1, -0.05) is 36.6 Å². The number of rotatable bonds is 2. The highest BCUT2D eigenvalue weighted by atomic mass is 14.9. The molecule has 0 amide bonds. The maximum absolute atomic E-state index is 8.61. The van der Waals surface area contributed by atoms with Crippen LogP contribution in [0, 0.1) is 27.7 Å². The standard InChI is InChI=1S/C25H30N/c1-16-10-11-21-14-18(3)26(5)25(24(21)12-16)23-15-22(13-17(2)19(23)4)20-8-6-7-9-20/h10-15,20H,6-9H2,1-5H3/q+1/i14D. The van der Waals surface area contributed by atoms with Crippen LogP contribution < -0.4 is 4.57 Å². The van der Waals surface area contributed by atoms with E-state index in [1.807, 2.05) is 0 Å². The van der Waals surface area contributed by atoms with Gasteiger partial charge in [-0.15, -0.1) is 0 Å². The van der Waals surface area contributed by atoms with E-state index in [0.717, 1.165) is 11.1 Å². The molecule has 1 saturated carbocycles. The van der Waals surface area contributed by atoms with Crippen molar-refractivity contribution in [1.82, 2.24) is 0 Å². The van der Waals surface area contributed by atoms with E-state index in [4.69, 9.17) is 1.37 Å². The molecule has 1 aliphatic rings. The predicted molar refractivity (Wildman–Crippen MR) is 111 cm³/mol. The second-order valence-corrected chi connectivity index (χ2v) is 8.16. The number of pyridine rings is 1. The number of hydrogen-bond donors (Lipinski definition) is 0. The third kappa shape index (κ3) is 2.84. The SMILES string of the molecule is [2H]c1c(C)[n+](C)c(-c2cc(C3CCCC3)cc(C)c2C)c2cc(C)ccc12. The van der Waals surface area contributed by atoms with Gasteiger partial charge in [0.2, 0.25) is 5.69 Å². The number of benzene rings is 2. The Morgan fingerprint density at radius 2 is 1.73 bits per heavy atom. The average molecular weight is 346 g/mol. The van der Waals surface area contributed by atoms with Crippen molar-refractivity contribution in [3.63, 3.8) is 0 Å². The van der Waals surface area contributed by atoms with Crippen LogP contribution in [0.15, 0.2) is 36.4 Å². The molecular weight excluding hydrogens is 314 g/mol. The smallest absolute Gasteiger partial charge is 0.198 e. The van der Waals surface area contributed by atoms with Crippen LogP contribution in [0.3, 0.4) is 0 Å². The summed E-state index contributed by atoms with van der Waals surface area (Å²) in [5.41, 5.74) is 9.08. The molecule has 134 valence electrons. The lowest BCUT2D eigenvalue weighted by molar-refractivity contribution is -0.665.